The predicted molar refractivity (Wildman–Crippen MR) is 183 cm³/mol. The van der Waals surface area contributed by atoms with Gasteiger partial charge in [0.2, 0.25) is 0 Å². The van der Waals surface area contributed by atoms with Gasteiger partial charge in [-0.1, -0.05) is 130 Å². The van der Waals surface area contributed by atoms with Crippen LogP contribution in [0.5, 0.6) is 11.5 Å². The maximum Gasteiger partial charge on any atom is 0.269 e. The first-order valence-electron chi connectivity index (χ1n) is 17.9. The molecule has 0 aromatic heterocycles. The van der Waals surface area contributed by atoms with E-state index in [1.165, 1.54) is 103 Å². The third-order valence-electron chi connectivity index (χ3n) is 8.73. The summed E-state index contributed by atoms with van der Waals surface area (Å²) in [5, 5.41) is 0. The second kappa shape index (κ2) is 26.0. The summed E-state index contributed by atoms with van der Waals surface area (Å²) in [5.41, 5.74) is 4.91. The lowest BCUT2D eigenvalue weighted by molar-refractivity contribution is 0.0934. The Hall–Kier alpha value is -2.32. The van der Waals surface area contributed by atoms with Crippen molar-refractivity contribution in [3.63, 3.8) is 0 Å². The molecule has 0 aliphatic rings. The van der Waals surface area contributed by atoms with E-state index >= 15 is 0 Å². The highest BCUT2D eigenvalue weighted by molar-refractivity contribution is 6.02. The van der Waals surface area contributed by atoms with Crippen LogP contribution in [0.25, 0.3) is 0 Å². The molecule has 6 N–H and O–H groups in total. The van der Waals surface area contributed by atoms with Gasteiger partial charge in [-0.3, -0.25) is 20.4 Å². The molecule has 2 unspecified atom stereocenters. The number of unbranched alkanes of at least 4 members (excludes halogenated alkanes) is 8. The Balaban J connectivity index is 2.90. The van der Waals surface area contributed by atoms with E-state index in [-0.39, 0.29) is 11.1 Å². The summed E-state index contributed by atoms with van der Waals surface area (Å²) in [4.78, 5) is 25.5. The predicted octanol–water partition coefficient (Wildman–Crippen LogP) is 8.77. The van der Waals surface area contributed by atoms with E-state index in [2.05, 4.69) is 38.5 Å². The first-order valence-corrected chi connectivity index (χ1v) is 17.9. The lowest BCUT2D eigenvalue weighted by Gasteiger charge is -2.19. The number of carbonyl (C=O) groups is 2. The van der Waals surface area contributed by atoms with Crippen LogP contribution in [0.4, 0.5) is 0 Å². The fourth-order valence-electron chi connectivity index (χ4n) is 5.99. The summed E-state index contributed by atoms with van der Waals surface area (Å²) >= 11 is 0. The Morgan fingerprint density at radius 2 is 0.886 bits per heavy atom. The number of nitrogens with one attached hydrogen (secondary N) is 2. The average Bonchev–Trinajstić information content (AvgIpc) is 3.04. The van der Waals surface area contributed by atoms with Crippen LogP contribution in [0.3, 0.4) is 0 Å². The maximum absolute atomic E-state index is 12.7. The molecule has 0 saturated heterocycles. The number of ether oxygens (including phenoxy) is 2. The highest BCUT2D eigenvalue weighted by Crippen LogP contribution is 2.31. The summed E-state index contributed by atoms with van der Waals surface area (Å²) in [5.74, 6) is 12.0. The fourth-order valence-corrected chi connectivity index (χ4v) is 5.99. The number of rotatable bonds is 28. The number of hydrogen-bond acceptors (Lipinski definition) is 6. The van der Waals surface area contributed by atoms with Gasteiger partial charge in [-0.05, 0) is 49.7 Å². The molecule has 2 amide bonds. The summed E-state index contributed by atoms with van der Waals surface area (Å²) < 4.78 is 12.2. The number of benzene rings is 1. The first kappa shape index (κ1) is 39.7. The van der Waals surface area contributed by atoms with E-state index in [9.17, 15) is 9.59 Å². The van der Waals surface area contributed by atoms with Crippen molar-refractivity contribution in [3.8, 4) is 11.5 Å². The van der Waals surface area contributed by atoms with Crippen LogP contribution in [0.1, 0.15) is 177 Å². The fraction of sp³-hybridized carbons (Fsp3) is 0.778. The van der Waals surface area contributed by atoms with Crippen LogP contribution >= 0.6 is 0 Å². The van der Waals surface area contributed by atoms with Crippen LogP contribution in [0.15, 0.2) is 12.1 Å². The van der Waals surface area contributed by atoms with Crippen LogP contribution < -0.4 is 32.0 Å². The number of carbonyl (C=O) groups excluding carboxylic acids is 2. The molecular formula is C36H66N4O4. The van der Waals surface area contributed by atoms with Crippen molar-refractivity contribution in [1.82, 2.24) is 10.9 Å². The standard InChI is InChI=1S/C36H66N4O4/c1-5-9-13-15-21-29(19-11-7-3)23-17-25-43-33-27-32(36(42)40-38)34(28-31(33)35(41)39-37)44-26-18-24-30(20-12-8-4)22-16-14-10-6-2/h27-30H,5-26,37-38H2,1-4H3,(H,39,41)(H,40,42). The van der Waals surface area contributed by atoms with E-state index < -0.39 is 11.8 Å². The van der Waals surface area contributed by atoms with Gasteiger partial charge in [-0.15, -0.1) is 0 Å². The summed E-state index contributed by atoms with van der Waals surface area (Å²) in [6.45, 7) is 9.86. The Morgan fingerprint density at radius 1 is 0.545 bits per heavy atom. The van der Waals surface area contributed by atoms with Gasteiger partial charge in [-0.25, -0.2) is 11.7 Å². The van der Waals surface area contributed by atoms with Crippen molar-refractivity contribution in [2.45, 2.75) is 156 Å². The first-order chi connectivity index (χ1) is 21.4. The van der Waals surface area contributed by atoms with Gasteiger partial charge < -0.3 is 9.47 Å². The molecule has 1 aromatic carbocycles. The quantitative estimate of drug-likeness (QED) is 0.0322. The molecule has 44 heavy (non-hydrogen) atoms. The van der Waals surface area contributed by atoms with E-state index in [1.807, 2.05) is 0 Å². The molecule has 8 nitrogen and oxygen atoms in total. The maximum atomic E-state index is 12.7. The SMILES string of the molecule is CCCCCCC(CCCC)CCCOc1cc(C(=O)NN)c(OCCCC(CCCC)CCCCCC)cc1C(=O)NN. The molecule has 0 saturated carbocycles. The number of hydrogen-bond donors (Lipinski definition) is 4. The second-order valence-corrected chi connectivity index (χ2v) is 12.5. The molecule has 0 aliphatic heterocycles. The highest BCUT2D eigenvalue weighted by Gasteiger charge is 2.21. The molecule has 0 spiro atoms. The molecule has 2 atom stereocenters. The van der Waals surface area contributed by atoms with Crippen molar-refractivity contribution in [3.05, 3.63) is 23.3 Å². The summed E-state index contributed by atoms with van der Waals surface area (Å²) in [7, 11) is 0. The molecule has 0 aliphatic carbocycles. The summed E-state index contributed by atoms with van der Waals surface area (Å²) in [6, 6.07) is 3.11. The number of hydrazine groups is 2. The van der Waals surface area contributed by atoms with Crippen molar-refractivity contribution in [2.24, 2.45) is 23.5 Å². The Morgan fingerprint density at radius 3 is 1.23 bits per heavy atom. The number of nitrogens with two attached hydrogens (primary N) is 2. The van der Waals surface area contributed by atoms with E-state index in [1.54, 1.807) is 12.1 Å². The van der Waals surface area contributed by atoms with Crippen molar-refractivity contribution in [1.29, 1.82) is 0 Å². The van der Waals surface area contributed by atoms with Crippen molar-refractivity contribution >= 4 is 11.8 Å². The molecule has 1 aromatic rings. The van der Waals surface area contributed by atoms with E-state index in [0.29, 0.717) is 36.5 Å². The van der Waals surface area contributed by atoms with Gasteiger partial charge in [-0.2, -0.15) is 0 Å². The minimum absolute atomic E-state index is 0.245. The topological polar surface area (TPSA) is 129 Å². The minimum Gasteiger partial charge on any atom is -0.493 e. The molecule has 0 bridgehead atoms. The van der Waals surface area contributed by atoms with Gasteiger partial charge >= 0.3 is 0 Å². The van der Waals surface area contributed by atoms with E-state index in [4.69, 9.17) is 21.2 Å². The molecular weight excluding hydrogens is 552 g/mol. The van der Waals surface area contributed by atoms with Crippen LogP contribution in [0, 0.1) is 11.8 Å². The molecule has 254 valence electrons. The van der Waals surface area contributed by atoms with Gasteiger partial charge in [0.25, 0.3) is 11.8 Å². The Labute approximate surface area is 269 Å². The van der Waals surface area contributed by atoms with Gasteiger partial charge in [0, 0.05) is 0 Å². The zero-order chi connectivity index (χ0) is 32.4. The molecule has 0 heterocycles. The third-order valence-corrected chi connectivity index (χ3v) is 8.73. The smallest absolute Gasteiger partial charge is 0.269 e. The van der Waals surface area contributed by atoms with Crippen molar-refractivity contribution in [2.75, 3.05) is 13.2 Å². The van der Waals surface area contributed by atoms with Gasteiger partial charge in [0.1, 0.15) is 11.5 Å². The van der Waals surface area contributed by atoms with Crippen molar-refractivity contribution < 1.29 is 19.1 Å². The Kier molecular flexibility index (Phi) is 23.4. The normalized spacial score (nSPS) is 12.5. The number of amides is 2. The number of nitrogen functional groups attached to an aromatic ring is 2. The third kappa shape index (κ3) is 16.7. The van der Waals surface area contributed by atoms with E-state index in [0.717, 1.165) is 25.7 Å². The minimum atomic E-state index is -0.493. The second-order valence-electron chi connectivity index (χ2n) is 12.5. The van der Waals surface area contributed by atoms with Crippen LogP contribution in [0.2, 0.25) is 0 Å². The lowest BCUT2D eigenvalue weighted by atomic mass is 9.91. The van der Waals surface area contributed by atoms with Crippen LogP contribution in [-0.4, -0.2) is 25.0 Å². The van der Waals surface area contributed by atoms with Gasteiger partial charge in [0.15, 0.2) is 0 Å². The largest absolute Gasteiger partial charge is 0.493 e. The molecule has 0 radical (unpaired) electrons. The average molecular weight is 619 g/mol. The monoisotopic (exact) mass is 619 g/mol. The molecule has 8 heteroatoms. The van der Waals surface area contributed by atoms with Crippen LogP contribution in [-0.2, 0) is 0 Å². The highest BCUT2D eigenvalue weighted by atomic mass is 16.5. The Bertz CT molecular complexity index is 823. The zero-order valence-corrected chi connectivity index (χ0v) is 28.7. The zero-order valence-electron chi connectivity index (χ0n) is 28.7. The molecule has 1 rings (SSSR count). The molecule has 0 fully saturated rings. The summed E-state index contributed by atoms with van der Waals surface area (Å²) in [6.07, 6.45) is 24.1. The lowest BCUT2D eigenvalue weighted by Crippen LogP contribution is -2.32. The van der Waals surface area contributed by atoms with Gasteiger partial charge in [0.05, 0.1) is 24.3 Å².